The predicted molar refractivity (Wildman–Crippen MR) is 59.5 cm³/mol. The maximum Gasteiger partial charge on any atom is 0.227 e. The number of carbonyl (C=O) groups is 1. The lowest BCUT2D eigenvalue weighted by Gasteiger charge is -2.36. The number of carbonyl (C=O) groups excluding carboxylic acids is 1. The monoisotopic (exact) mass is 214 g/mol. The van der Waals surface area contributed by atoms with Gasteiger partial charge in [0.25, 0.3) is 0 Å². The zero-order valence-electron chi connectivity index (χ0n) is 9.68. The molecule has 0 saturated carbocycles. The maximum atomic E-state index is 12.1. The second kappa shape index (κ2) is 5.47. The van der Waals surface area contributed by atoms with Crippen molar-refractivity contribution in [1.82, 2.24) is 10.6 Å². The molecule has 0 aromatic heterocycles. The molecule has 1 fully saturated rings. The minimum absolute atomic E-state index is 0.00103. The van der Waals surface area contributed by atoms with Gasteiger partial charge in [-0.3, -0.25) is 4.79 Å². The van der Waals surface area contributed by atoms with Gasteiger partial charge < -0.3 is 15.7 Å². The van der Waals surface area contributed by atoms with Crippen molar-refractivity contribution in [2.24, 2.45) is 5.41 Å². The van der Waals surface area contributed by atoms with Crippen LogP contribution in [0.15, 0.2) is 0 Å². The molecule has 1 amide bonds. The molecule has 1 heterocycles. The minimum Gasteiger partial charge on any atom is -0.394 e. The van der Waals surface area contributed by atoms with E-state index in [0.29, 0.717) is 0 Å². The van der Waals surface area contributed by atoms with Crippen LogP contribution in [0.4, 0.5) is 0 Å². The van der Waals surface area contributed by atoms with Crippen LogP contribution in [0.5, 0.6) is 0 Å². The van der Waals surface area contributed by atoms with E-state index in [1.807, 2.05) is 6.92 Å². The Morgan fingerprint density at radius 3 is 2.87 bits per heavy atom. The Bertz CT molecular complexity index is 213. The molecule has 4 heteroatoms. The summed E-state index contributed by atoms with van der Waals surface area (Å²) >= 11 is 0. The molecule has 1 aliphatic rings. The third-order valence-electron chi connectivity index (χ3n) is 3.28. The van der Waals surface area contributed by atoms with Crippen molar-refractivity contribution in [3.05, 3.63) is 0 Å². The molecule has 1 saturated heterocycles. The van der Waals surface area contributed by atoms with Crippen LogP contribution in [0.3, 0.4) is 0 Å². The Balaban J connectivity index is 2.59. The second-order valence-corrected chi connectivity index (χ2v) is 4.47. The molecule has 1 aliphatic heterocycles. The summed E-state index contributed by atoms with van der Waals surface area (Å²) in [6, 6.07) is -0.150. The summed E-state index contributed by atoms with van der Waals surface area (Å²) in [6.45, 7) is 5.63. The molecule has 0 bridgehead atoms. The van der Waals surface area contributed by atoms with Crippen LogP contribution >= 0.6 is 0 Å². The van der Waals surface area contributed by atoms with E-state index in [4.69, 9.17) is 5.11 Å². The van der Waals surface area contributed by atoms with E-state index in [1.54, 1.807) is 0 Å². The first kappa shape index (κ1) is 12.5. The van der Waals surface area contributed by atoms with Crippen molar-refractivity contribution in [2.45, 2.75) is 39.2 Å². The van der Waals surface area contributed by atoms with Crippen LogP contribution in [0.1, 0.15) is 33.1 Å². The summed E-state index contributed by atoms with van der Waals surface area (Å²) < 4.78 is 0. The van der Waals surface area contributed by atoms with E-state index in [1.165, 1.54) is 0 Å². The number of aliphatic hydroxyl groups is 1. The maximum absolute atomic E-state index is 12.1. The Morgan fingerprint density at radius 1 is 1.67 bits per heavy atom. The lowest BCUT2D eigenvalue weighted by atomic mass is 9.77. The molecule has 0 radical (unpaired) electrons. The van der Waals surface area contributed by atoms with E-state index in [0.717, 1.165) is 32.4 Å². The molecule has 0 aliphatic carbocycles. The van der Waals surface area contributed by atoms with Gasteiger partial charge in [0.05, 0.1) is 12.0 Å². The summed E-state index contributed by atoms with van der Waals surface area (Å²) in [5.74, 6) is 0.0822. The fourth-order valence-corrected chi connectivity index (χ4v) is 2.05. The highest BCUT2D eigenvalue weighted by molar-refractivity contribution is 5.83. The number of hydrogen-bond donors (Lipinski definition) is 3. The van der Waals surface area contributed by atoms with Crippen LogP contribution in [0.2, 0.25) is 0 Å². The molecular formula is C11H22N2O2. The predicted octanol–water partition coefficient (Wildman–Crippen LogP) is 0.263. The van der Waals surface area contributed by atoms with Gasteiger partial charge in [-0.25, -0.2) is 0 Å². The Hall–Kier alpha value is -0.610. The van der Waals surface area contributed by atoms with Gasteiger partial charge in [-0.05, 0) is 32.7 Å². The Kier molecular flexibility index (Phi) is 4.54. The van der Waals surface area contributed by atoms with E-state index in [2.05, 4.69) is 17.6 Å². The van der Waals surface area contributed by atoms with Crippen molar-refractivity contribution in [3.8, 4) is 0 Å². The highest BCUT2D eigenvalue weighted by Crippen LogP contribution is 2.30. The lowest BCUT2D eigenvalue weighted by molar-refractivity contribution is -0.133. The first-order chi connectivity index (χ1) is 7.14. The Labute approximate surface area is 91.4 Å². The van der Waals surface area contributed by atoms with E-state index in [-0.39, 0.29) is 24.0 Å². The van der Waals surface area contributed by atoms with Gasteiger partial charge >= 0.3 is 0 Å². The van der Waals surface area contributed by atoms with Crippen molar-refractivity contribution in [2.75, 3.05) is 19.7 Å². The summed E-state index contributed by atoms with van der Waals surface area (Å²) in [6.07, 6.45) is 2.85. The van der Waals surface area contributed by atoms with Gasteiger partial charge in [0.1, 0.15) is 0 Å². The molecule has 0 aromatic rings. The standard InChI is InChI=1S/C11H22N2O2/c1-3-11(5-4-6-12-8-11)10(15)13-9(2)7-14/h9,12,14H,3-8H2,1-2H3,(H,13,15)/t9-,11?/m1/s1. The molecule has 4 nitrogen and oxygen atoms in total. The number of piperidine rings is 1. The van der Waals surface area contributed by atoms with Crippen LogP contribution in [-0.2, 0) is 4.79 Å². The van der Waals surface area contributed by atoms with Crippen LogP contribution in [0, 0.1) is 5.41 Å². The van der Waals surface area contributed by atoms with Gasteiger partial charge in [-0.2, -0.15) is 0 Å². The molecule has 3 N–H and O–H groups in total. The summed E-state index contributed by atoms with van der Waals surface area (Å²) in [4.78, 5) is 12.1. The third kappa shape index (κ3) is 2.92. The molecule has 88 valence electrons. The van der Waals surface area contributed by atoms with Crippen LogP contribution in [-0.4, -0.2) is 36.8 Å². The van der Waals surface area contributed by atoms with Crippen molar-refractivity contribution >= 4 is 5.91 Å². The van der Waals surface area contributed by atoms with Gasteiger partial charge in [0.2, 0.25) is 5.91 Å². The van der Waals surface area contributed by atoms with Gasteiger partial charge in [0, 0.05) is 12.6 Å². The van der Waals surface area contributed by atoms with Crippen molar-refractivity contribution in [3.63, 3.8) is 0 Å². The normalized spacial score (nSPS) is 28.5. The summed E-state index contributed by atoms with van der Waals surface area (Å²) in [7, 11) is 0. The molecule has 1 rings (SSSR count). The fourth-order valence-electron chi connectivity index (χ4n) is 2.05. The highest BCUT2D eigenvalue weighted by Gasteiger charge is 2.37. The number of hydrogen-bond acceptors (Lipinski definition) is 3. The molecule has 15 heavy (non-hydrogen) atoms. The summed E-state index contributed by atoms with van der Waals surface area (Å²) in [5.41, 5.74) is -0.262. The topological polar surface area (TPSA) is 61.4 Å². The number of aliphatic hydroxyl groups excluding tert-OH is 1. The molecule has 0 aromatic carbocycles. The zero-order valence-corrected chi connectivity index (χ0v) is 9.68. The Morgan fingerprint density at radius 2 is 2.40 bits per heavy atom. The molecule has 2 atom stereocenters. The minimum atomic E-state index is -0.262. The fraction of sp³-hybridized carbons (Fsp3) is 0.909. The van der Waals surface area contributed by atoms with Crippen molar-refractivity contribution < 1.29 is 9.90 Å². The van der Waals surface area contributed by atoms with Crippen LogP contribution < -0.4 is 10.6 Å². The first-order valence-electron chi connectivity index (χ1n) is 5.77. The molecule has 0 spiro atoms. The average Bonchev–Trinajstić information content (AvgIpc) is 2.29. The van der Waals surface area contributed by atoms with E-state index >= 15 is 0 Å². The average molecular weight is 214 g/mol. The van der Waals surface area contributed by atoms with Crippen molar-refractivity contribution in [1.29, 1.82) is 0 Å². The molecular weight excluding hydrogens is 192 g/mol. The number of rotatable bonds is 4. The zero-order chi connectivity index (χ0) is 11.3. The summed E-state index contributed by atoms with van der Waals surface area (Å²) in [5, 5.41) is 15.0. The van der Waals surface area contributed by atoms with Crippen LogP contribution in [0.25, 0.3) is 0 Å². The SMILES string of the molecule is CCC1(C(=O)N[C@H](C)CO)CCCNC1. The second-order valence-electron chi connectivity index (χ2n) is 4.47. The molecule has 1 unspecified atom stereocenters. The first-order valence-corrected chi connectivity index (χ1v) is 5.77. The van der Waals surface area contributed by atoms with E-state index in [9.17, 15) is 4.79 Å². The van der Waals surface area contributed by atoms with Gasteiger partial charge in [-0.15, -0.1) is 0 Å². The smallest absolute Gasteiger partial charge is 0.227 e. The number of amides is 1. The largest absolute Gasteiger partial charge is 0.394 e. The lowest BCUT2D eigenvalue weighted by Crippen LogP contribution is -2.52. The quantitative estimate of drug-likeness (QED) is 0.629. The third-order valence-corrected chi connectivity index (χ3v) is 3.28. The van der Waals surface area contributed by atoms with Gasteiger partial charge in [0.15, 0.2) is 0 Å². The number of nitrogens with one attached hydrogen (secondary N) is 2. The highest BCUT2D eigenvalue weighted by atomic mass is 16.3. The van der Waals surface area contributed by atoms with Gasteiger partial charge in [-0.1, -0.05) is 6.92 Å². The van der Waals surface area contributed by atoms with E-state index < -0.39 is 0 Å².